The van der Waals surface area contributed by atoms with Crippen molar-refractivity contribution in [2.45, 2.75) is 6.92 Å². The molecule has 0 aliphatic heterocycles. The van der Waals surface area contributed by atoms with Gasteiger partial charge in [0.15, 0.2) is 11.5 Å². The molecule has 0 radical (unpaired) electrons. The third-order valence-corrected chi connectivity index (χ3v) is 3.43. The Morgan fingerprint density at radius 3 is 2.73 bits per heavy atom. The van der Waals surface area contributed by atoms with E-state index in [1.807, 2.05) is 5.38 Å². The predicted molar refractivity (Wildman–Crippen MR) is 83.7 cm³/mol. The Hall–Kier alpha value is -2.67. The van der Waals surface area contributed by atoms with Gasteiger partial charge in [0.25, 0.3) is 5.91 Å². The molecule has 1 heterocycles. The van der Waals surface area contributed by atoms with Crippen LogP contribution in [0.3, 0.4) is 0 Å². The molecular formula is C15H14N2O4S. The highest BCUT2D eigenvalue weighted by Gasteiger charge is 2.07. The molecule has 1 amide bonds. The van der Waals surface area contributed by atoms with E-state index in [4.69, 9.17) is 9.47 Å². The highest BCUT2D eigenvalue weighted by Crippen LogP contribution is 2.27. The van der Waals surface area contributed by atoms with Crippen LogP contribution in [0.25, 0.3) is 0 Å². The maximum atomic E-state index is 11.7. The fraction of sp³-hybridized carbons (Fsp3) is 0.133. The summed E-state index contributed by atoms with van der Waals surface area (Å²) in [5, 5.41) is 5.70. The second-order valence-corrected chi connectivity index (χ2v) is 5.13. The first-order valence-electron chi connectivity index (χ1n) is 6.33. The van der Waals surface area contributed by atoms with Crippen LogP contribution in [-0.4, -0.2) is 25.2 Å². The van der Waals surface area contributed by atoms with Crippen molar-refractivity contribution >= 4 is 29.4 Å². The Morgan fingerprint density at radius 2 is 2.09 bits per heavy atom. The molecule has 1 aromatic heterocycles. The number of hydrogen-bond donors (Lipinski definition) is 1. The van der Waals surface area contributed by atoms with E-state index in [1.165, 1.54) is 31.6 Å². The number of nitrogens with zero attached hydrogens (tertiary/aromatic N) is 1. The van der Waals surface area contributed by atoms with E-state index < -0.39 is 5.97 Å². The van der Waals surface area contributed by atoms with E-state index in [2.05, 4.69) is 10.5 Å². The number of carbonyl (C=O) groups excluding carboxylic acids is 2. The van der Waals surface area contributed by atoms with Gasteiger partial charge < -0.3 is 9.47 Å². The van der Waals surface area contributed by atoms with Crippen molar-refractivity contribution in [1.29, 1.82) is 0 Å². The molecule has 0 bridgehead atoms. The molecule has 0 aliphatic carbocycles. The molecular weight excluding hydrogens is 304 g/mol. The third-order valence-electron chi connectivity index (χ3n) is 2.57. The molecule has 1 N–H and O–H groups in total. The van der Waals surface area contributed by atoms with E-state index in [1.54, 1.807) is 30.3 Å². The van der Waals surface area contributed by atoms with Crippen LogP contribution < -0.4 is 14.9 Å². The fourth-order valence-corrected chi connectivity index (χ4v) is 2.25. The van der Waals surface area contributed by atoms with Gasteiger partial charge in [0.1, 0.15) is 0 Å². The van der Waals surface area contributed by atoms with Gasteiger partial charge in [0.05, 0.1) is 18.2 Å². The normalized spacial score (nSPS) is 10.5. The van der Waals surface area contributed by atoms with Crippen LogP contribution >= 0.6 is 11.3 Å². The smallest absolute Gasteiger partial charge is 0.308 e. The van der Waals surface area contributed by atoms with Gasteiger partial charge in [-0.05, 0) is 35.2 Å². The monoisotopic (exact) mass is 318 g/mol. The van der Waals surface area contributed by atoms with Crippen molar-refractivity contribution in [2.75, 3.05) is 7.11 Å². The van der Waals surface area contributed by atoms with Gasteiger partial charge >= 0.3 is 5.97 Å². The number of nitrogens with one attached hydrogen (secondary N) is 1. The highest BCUT2D eigenvalue weighted by molar-refractivity contribution is 7.12. The summed E-state index contributed by atoms with van der Waals surface area (Å²) >= 11 is 1.34. The van der Waals surface area contributed by atoms with Crippen molar-refractivity contribution < 1.29 is 19.1 Å². The molecule has 6 nitrogen and oxygen atoms in total. The standard InChI is InChI=1S/C15H14N2O4S/c1-10(18)21-12-6-5-11(8-13(12)20-2)9-16-17-15(19)14-4-3-7-22-14/h3-9H,1-2H3,(H,17,19)/b16-9-. The summed E-state index contributed by atoms with van der Waals surface area (Å²) in [7, 11) is 1.47. The van der Waals surface area contributed by atoms with Crippen LogP contribution in [0.5, 0.6) is 11.5 Å². The molecule has 22 heavy (non-hydrogen) atoms. The molecule has 0 unspecified atom stereocenters. The number of hydrogen-bond acceptors (Lipinski definition) is 6. The summed E-state index contributed by atoms with van der Waals surface area (Å²) in [6, 6.07) is 8.46. The zero-order chi connectivity index (χ0) is 15.9. The largest absolute Gasteiger partial charge is 0.493 e. The minimum absolute atomic E-state index is 0.269. The molecule has 0 spiro atoms. The number of thiophene rings is 1. The molecule has 0 saturated heterocycles. The first kappa shape index (κ1) is 15.7. The Labute approximate surface area is 131 Å². The Morgan fingerprint density at radius 1 is 1.27 bits per heavy atom. The second kappa shape index (κ2) is 7.37. The average molecular weight is 318 g/mol. The van der Waals surface area contributed by atoms with Crippen molar-refractivity contribution in [3.63, 3.8) is 0 Å². The number of ether oxygens (including phenoxy) is 2. The number of methoxy groups -OCH3 is 1. The first-order valence-corrected chi connectivity index (χ1v) is 7.21. The van der Waals surface area contributed by atoms with Gasteiger partial charge in [-0.1, -0.05) is 6.07 Å². The fourth-order valence-electron chi connectivity index (χ4n) is 1.63. The Balaban J connectivity index is 2.05. The van der Waals surface area contributed by atoms with Gasteiger partial charge in [-0.2, -0.15) is 5.10 Å². The van der Waals surface area contributed by atoms with Crippen LogP contribution in [0.1, 0.15) is 22.2 Å². The summed E-state index contributed by atoms with van der Waals surface area (Å²) in [6.45, 7) is 1.31. The lowest BCUT2D eigenvalue weighted by Crippen LogP contribution is -2.16. The zero-order valence-corrected chi connectivity index (χ0v) is 12.8. The van der Waals surface area contributed by atoms with Crippen molar-refractivity contribution in [3.8, 4) is 11.5 Å². The summed E-state index contributed by atoms with van der Waals surface area (Å²) < 4.78 is 10.2. The van der Waals surface area contributed by atoms with Crippen molar-refractivity contribution in [3.05, 3.63) is 46.2 Å². The molecule has 1 aromatic carbocycles. The third kappa shape index (κ3) is 4.16. The number of rotatable bonds is 5. The summed E-state index contributed by atoms with van der Waals surface area (Å²) in [5.74, 6) is 0.0381. The van der Waals surface area contributed by atoms with Crippen molar-refractivity contribution in [1.82, 2.24) is 5.43 Å². The quantitative estimate of drug-likeness (QED) is 0.397. The SMILES string of the molecule is COc1cc(/C=N\NC(=O)c2cccs2)ccc1OC(C)=O. The topological polar surface area (TPSA) is 77.0 Å². The maximum absolute atomic E-state index is 11.7. The lowest BCUT2D eigenvalue weighted by atomic mass is 10.2. The van der Waals surface area contributed by atoms with E-state index in [9.17, 15) is 9.59 Å². The number of amides is 1. The molecule has 2 aromatic rings. The van der Waals surface area contributed by atoms with Gasteiger partial charge in [0, 0.05) is 6.92 Å². The van der Waals surface area contributed by atoms with Crippen LogP contribution in [0.4, 0.5) is 0 Å². The van der Waals surface area contributed by atoms with E-state index >= 15 is 0 Å². The Bertz CT molecular complexity index is 696. The molecule has 0 aliphatic rings. The highest BCUT2D eigenvalue weighted by atomic mass is 32.1. The van der Waals surface area contributed by atoms with E-state index in [0.29, 0.717) is 21.9 Å². The van der Waals surface area contributed by atoms with Crippen LogP contribution in [-0.2, 0) is 4.79 Å². The molecule has 0 atom stereocenters. The minimum atomic E-state index is -0.428. The lowest BCUT2D eigenvalue weighted by molar-refractivity contribution is -0.132. The van der Waals surface area contributed by atoms with Gasteiger partial charge in [-0.3, -0.25) is 9.59 Å². The molecule has 0 fully saturated rings. The second-order valence-electron chi connectivity index (χ2n) is 4.18. The number of esters is 1. The van der Waals surface area contributed by atoms with Crippen LogP contribution in [0.2, 0.25) is 0 Å². The molecule has 7 heteroatoms. The minimum Gasteiger partial charge on any atom is -0.493 e. The predicted octanol–water partition coefficient (Wildman–Crippen LogP) is 2.45. The van der Waals surface area contributed by atoms with Crippen LogP contribution in [0.15, 0.2) is 40.8 Å². The summed E-state index contributed by atoms with van der Waals surface area (Å²) in [6.07, 6.45) is 1.48. The first-order chi connectivity index (χ1) is 10.6. The summed E-state index contributed by atoms with van der Waals surface area (Å²) in [5.41, 5.74) is 3.13. The van der Waals surface area contributed by atoms with Crippen molar-refractivity contribution in [2.24, 2.45) is 5.10 Å². The van der Waals surface area contributed by atoms with Gasteiger partial charge in [0.2, 0.25) is 0 Å². The van der Waals surface area contributed by atoms with Gasteiger partial charge in [-0.25, -0.2) is 5.43 Å². The zero-order valence-electron chi connectivity index (χ0n) is 12.0. The van der Waals surface area contributed by atoms with E-state index in [-0.39, 0.29) is 5.91 Å². The molecule has 0 saturated carbocycles. The Kier molecular flexibility index (Phi) is 5.26. The molecule has 114 valence electrons. The van der Waals surface area contributed by atoms with E-state index in [0.717, 1.165) is 0 Å². The number of benzene rings is 1. The number of carbonyl (C=O) groups is 2. The number of hydrazone groups is 1. The maximum Gasteiger partial charge on any atom is 0.308 e. The summed E-state index contributed by atoms with van der Waals surface area (Å²) in [4.78, 5) is 23.3. The van der Waals surface area contributed by atoms with Gasteiger partial charge in [-0.15, -0.1) is 11.3 Å². The average Bonchev–Trinajstić information content (AvgIpc) is 3.02. The molecule has 2 rings (SSSR count). The van der Waals surface area contributed by atoms with Crippen LogP contribution in [0, 0.1) is 0 Å². The lowest BCUT2D eigenvalue weighted by Gasteiger charge is -2.08.